The minimum Gasteiger partial charge on any atom is -0.476 e. The maximum absolute atomic E-state index is 11.2. The molecule has 14 heteroatoms. The van der Waals surface area contributed by atoms with E-state index in [2.05, 4.69) is 128 Å². The first kappa shape index (κ1) is 44.6. The number of hydrogen-bond donors (Lipinski definition) is 1. The number of non-ortho nitro benzene ring substituents is 1. The molecule has 2 aromatic heterocycles. The van der Waals surface area contributed by atoms with Crippen LogP contribution in [0, 0.1) is 10.1 Å². The van der Waals surface area contributed by atoms with E-state index >= 15 is 0 Å². The van der Waals surface area contributed by atoms with E-state index in [0.717, 1.165) is 18.4 Å². The first-order chi connectivity index (χ1) is 29.8. The molecule has 0 radical (unpaired) electrons. The zero-order valence-corrected chi connectivity index (χ0v) is 40.5. The van der Waals surface area contributed by atoms with E-state index in [4.69, 9.17) is 33.3 Å². The lowest BCUT2D eigenvalue weighted by Crippen LogP contribution is -2.48. The molecule has 1 saturated heterocycles. The number of nitro benzene ring substituents is 1. The molecule has 7 aromatic rings. The summed E-state index contributed by atoms with van der Waals surface area (Å²) in [6.07, 6.45) is 3.81. The van der Waals surface area contributed by atoms with Crippen LogP contribution in [0.4, 0.5) is 11.6 Å². The number of hydrogen-bond acceptors (Lipinski definition) is 10. The molecular formula is C49H62N6O6Si2. The number of ether oxygens (including phenoxy) is 2. The van der Waals surface area contributed by atoms with Crippen LogP contribution >= 0.6 is 0 Å². The van der Waals surface area contributed by atoms with Gasteiger partial charge < -0.3 is 23.6 Å². The summed E-state index contributed by atoms with van der Waals surface area (Å²) in [4.78, 5) is 25.6. The summed E-state index contributed by atoms with van der Waals surface area (Å²) in [5.41, 5.74) is 3.42. The number of fused-ring (bicyclic) bond motifs is 1. The Morgan fingerprint density at radius 3 is 2.19 bits per heavy atom. The Hall–Kier alpha value is -5.00. The Morgan fingerprint density at radius 2 is 1.51 bits per heavy atom. The quantitative estimate of drug-likeness (QED) is 0.0328. The fourth-order valence-corrected chi connectivity index (χ4v) is 10.4. The van der Waals surface area contributed by atoms with Gasteiger partial charge in [0.15, 0.2) is 27.8 Å². The first-order valence-corrected chi connectivity index (χ1v) is 28.1. The van der Waals surface area contributed by atoms with Crippen LogP contribution in [0.25, 0.3) is 43.5 Å². The number of aromatic nitrogens is 4. The molecule has 1 N–H and O–H groups in total. The molecule has 0 bridgehead atoms. The van der Waals surface area contributed by atoms with Gasteiger partial charge in [-0.25, -0.2) is 4.98 Å². The summed E-state index contributed by atoms with van der Waals surface area (Å²) < 4.78 is 29.2. The van der Waals surface area contributed by atoms with Gasteiger partial charge in [-0.1, -0.05) is 108 Å². The molecule has 0 spiro atoms. The summed E-state index contributed by atoms with van der Waals surface area (Å²) >= 11 is 0. The van der Waals surface area contributed by atoms with Crippen molar-refractivity contribution in [2.45, 2.75) is 122 Å². The highest BCUT2D eigenvalue weighted by molar-refractivity contribution is 6.74. The third kappa shape index (κ3) is 9.19. The molecule has 0 unspecified atom stereocenters. The summed E-state index contributed by atoms with van der Waals surface area (Å²) in [7, 11) is -4.25. The van der Waals surface area contributed by atoms with Crippen LogP contribution in [0.3, 0.4) is 0 Å². The molecule has 12 nitrogen and oxygen atoms in total. The number of imidazole rings is 1. The molecule has 5 aromatic carbocycles. The normalized spacial score (nSPS) is 17.7. The average Bonchev–Trinajstić information content (AvgIpc) is 3.84. The fourth-order valence-electron chi connectivity index (χ4n) is 8.03. The molecule has 3 atom stereocenters. The zero-order chi connectivity index (χ0) is 44.9. The Balaban J connectivity index is 1.05. The van der Waals surface area contributed by atoms with Crippen LogP contribution in [0.1, 0.15) is 71.7 Å². The molecule has 0 amide bonds. The Kier molecular flexibility index (Phi) is 12.2. The summed E-state index contributed by atoms with van der Waals surface area (Å²) in [5, 5.41) is 22.5. The summed E-state index contributed by atoms with van der Waals surface area (Å²) in [6.45, 7) is 24.0. The number of nitrogens with zero attached hydrogens (tertiary/aromatic N) is 5. The molecule has 1 aliphatic heterocycles. The number of nitro groups is 1. The van der Waals surface area contributed by atoms with Gasteiger partial charge in [0.1, 0.15) is 12.3 Å². The van der Waals surface area contributed by atoms with Gasteiger partial charge >= 0.3 is 0 Å². The number of rotatable bonds is 16. The van der Waals surface area contributed by atoms with Gasteiger partial charge in [-0.3, -0.25) is 14.7 Å². The molecule has 3 heterocycles. The average molecular weight is 887 g/mol. The van der Waals surface area contributed by atoms with Crippen LogP contribution in [-0.4, -0.2) is 73.0 Å². The third-order valence-corrected chi connectivity index (χ3v) is 22.9. The van der Waals surface area contributed by atoms with E-state index < -0.39 is 27.8 Å². The van der Waals surface area contributed by atoms with Crippen molar-refractivity contribution in [3.05, 3.63) is 106 Å². The second-order valence-electron chi connectivity index (χ2n) is 20.2. The topological polar surface area (TPSA) is 136 Å². The Bertz CT molecular complexity index is 2730. The van der Waals surface area contributed by atoms with Crippen LogP contribution in [0.2, 0.25) is 36.3 Å². The van der Waals surface area contributed by atoms with Gasteiger partial charge in [0.05, 0.1) is 30.6 Å². The van der Waals surface area contributed by atoms with Crippen molar-refractivity contribution in [2.24, 2.45) is 0 Å². The molecule has 1 fully saturated rings. The lowest BCUT2D eigenvalue weighted by molar-refractivity contribution is -0.384. The van der Waals surface area contributed by atoms with Gasteiger partial charge in [0.2, 0.25) is 11.8 Å². The standard InChI is InChI=1S/C49H62N6O6Si2/c1-48(2,3)62(7,8)59-30-40-39(61-63(9,10)49(4,5)6)29-41(60-40)54-31-51-44-45(54)52-47(53-46(44)58-28-26-32-16-23-37(24-17-32)55(56)57)50-27-12-15-33-18-19-36-21-20-34-13-11-14-35-22-25-38(33)43(36)42(34)35/h11,13-14,16-25,31,39-41H,12,15,26-30H2,1-10H3,(H,50,52,53)/t39-,40+,41+/m0/s1. The monoisotopic (exact) mass is 886 g/mol. The summed E-state index contributed by atoms with van der Waals surface area (Å²) in [5.74, 6) is 0.801. The van der Waals surface area contributed by atoms with E-state index in [-0.39, 0.29) is 28.0 Å². The predicted octanol–water partition coefficient (Wildman–Crippen LogP) is 12.0. The third-order valence-electron chi connectivity index (χ3n) is 13.8. The molecule has 1 aliphatic rings. The lowest BCUT2D eigenvalue weighted by atomic mass is 9.91. The first-order valence-electron chi connectivity index (χ1n) is 22.3. The number of aryl methyl sites for hydroxylation is 1. The second-order valence-corrected chi connectivity index (χ2v) is 29.7. The SMILES string of the molecule is CC(C)(C)[Si](C)(C)OC[C@H]1O[C@@H](n2cnc3c(OCCc4ccc([N+](=O)[O-])cc4)nc(NCCCc4ccc5ccc6cccc7ccc4c5c67)nc32)C[C@@H]1O[Si](C)(C)C(C)(C)C. The lowest BCUT2D eigenvalue weighted by Gasteiger charge is -2.40. The van der Waals surface area contributed by atoms with Gasteiger partial charge in [0, 0.05) is 31.5 Å². The van der Waals surface area contributed by atoms with E-state index in [1.165, 1.54) is 50.0 Å². The van der Waals surface area contributed by atoms with Crippen molar-refractivity contribution in [2.75, 3.05) is 25.1 Å². The maximum atomic E-state index is 11.2. The fraction of sp³-hybridized carbons (Fsp3) is 0.449. The van der Waals surface area contributed by atoms with Crippen molar-refractivity contribution in [1.82, 2.24) is 19.5 Å². The van der Waals surface area contributed by atoms with Crippen LogP contribution in [0.5, 0.6) is 5.88 Å². The second kappa shape index (κ2) is 17.2. The van der Waals surface area contributed by atoms with E-state index in [1.54, 1.807) is 18.5 Å². The molecule has 0 aliphatic carbocycles. The van der Waals surface area contributed by atoms with Crippen molar-refractivity contribution < 1.29 is 23.2 Å². The van der Waals surface area contributed by atoms with Gasteiger partial charge in [-0.15, -0.1) is 0 Å². The largest absolute Gasteiger partial charge is 0.476 e. The van der Waals surface area contributed by atoms with Crippen molar-refractivity contribution in [1.29, 1.82) is 0 Å². The van der Waals surface area contributed by atoms with Crippen molar-refractivity contribution in [3.63, 3.8) is 0 Å². The van der Waals surface area contributed by atoms with E-state index in [1.807, 2.05) is 4.57 Å². The molecule has 8 rings (SSSR count). The van der Waals surface area contributed by atoms with Crippen LogP contribution in [-0.2, 0) is 26.4 Å². The van der Waals surface area contributed by atoms with Gasteiger partial charge in [-0.05, 0) is 92.6 Å². The van der Waals surface area contributed by atoms with Gasteiger partial charge in [-0.2, -0.15) is 9.97 Å². The smallest absolute Gasteiger partial charge is 0.269 e. The highest BCUT2D eigenvalue weighted by Gasteiger charge is 2.47. The highest BCUT2D eigenvalue weighted by Crippen LogP contribution is 2.43. The highest BCUT2D eigenvalue weighted by atomic mass is 28.4. The van der Waals surface area contributed by atoms with E-state index in [0.29, 0.717) is 55.6 Å². The number of benzene rings is 5. The summed E-state index contributed by atoms with van der Waals surface area (Å²) in [6, 6.07) is 26.5. The van der Waals surface area contributed by atoms with Gasteiger partial charge in [0.25, 0.3) is 5.69 Å². The maximum Gasteiger partial charge on any atom is 0.269 e. The molecular weight excluding hydrogens is 825 g/mol. The Morgan fingerprint density at radius 1 is 0.841 bits per heavy atom. The zero-order valence-electron chi connectivity index (χ0n) is 38.5. The minimum atomic E-state index is -2.18. The Labute approximate surface area is 372 Å². The van der Waals surface area contributed by atoms with E-state index in [9.17, 15) is 10.1 Å². The predicted molar refractivity (Wildman–Crippen MR) is 258 cm³/mol. The molecule has 63 heavy (non-hydrogen) atoms. The minimum absolute atomic E-state index is 0.0199. The van der Waals surface area contributed by atoms with Crippen LogP contribution in [0.15, 0.2) is 85.2 Å². The van der Waals surface area contributed by atoms with Crippen LogP contribution < -0.4 is 10.1 Å². The molecule has 332 valence electrons. The number of nitrogens with one attached hydrogen (secondary N) is 1. The number of anilines is 1. The van der Waals surface area contributed by atoms with Crippen molar-refractivity contribution in [3.8, 4) is 5.88 Å². The van der Waals surface area contributed by atoms with Crippen molar-refractivity contribution >= 4 is 71.8 Å². The molecule has 0 saturated carbocycles.